The Hall–Kier alpha value is -0.160. The summed E-state index contributed by atoms with van der Waals surface area (Å²) in [6, 6.07) is 0. The first kappa shape index (κ1) is 19.8. The summed E-state index contributed by atoms with van der Waals surface area (Å²) in [5.41, 5.74) is -0.758. The molecule has 122 valence electrons. The van der Waals surface area contributed by atoms with Crippen molar-refractivity contribution in [1.29, 1.82) is 0 Å². The van der Waals surface area contributed by atoms with Crippen LogP contribution >= 0.6 is 0 Å². The lowest BCUT2D eigenvalue weighted by atomic mass is 10.1. The molecule has 0 heterocycles. The Morgan fingerprint density at radius 2 is 1.05 bits per heavy atom. The van der Waals surface area contributed by atoms with Gasteiger partial charge in [-0.2, -0.15) is 9.78 Å². The number of hydrogen-bond acceptors (Lipinski definition) is 4. The summed E-state index contributed by atoms with van der Waals surface area (Å²) in [6.07, 6.45) is 5.33. The highest BCUT2D eigenvalue weighted by molar-refractivity contribution is 4.63. The lowest BCUT2D eigenvalue weighted by molar-refractivity contribution is -0.537. The summed E-state index contributed by atoms with van der Waals surface area (Å²) in [5.74, 6) is -0.881. The maximum absolute atomic E-state index is 5.52. The third-order valence-corrected chi connectivity index (χ3v) is 2.42. The van der Waals surface area contributed by atoms with E-state index in [0.29, 0.717) is 0 Å². The molecule has 0 aromatic carbocycles. The first-order valence-corrected chi connectivity index (χ1v) is 7.71. The van der Waals surface area contributed by atoms with Gasteiger partial charge in [0.2, 0.25) is 5.79 Å². The Balaban J connectivity index is 4.41. The first-order chi connectivity index (χ1) is 8.97. The molecule has 4 heteroatoms. The summed E-state index contributed by atoms with van der Waals surface area (Å²) in [6.45, 7) is 15.7. The minimum Gasteiger partial charge on any atom is -0.228 e. The van der Waals surface area contributed by atoms with Crippen LogP contribution in [0.3, 0.4) is 0 Å². The highest BCUT2D eigenvalue weighted by Gasteiger charge is 2.33. The number of hydrogen-bond donors (Lipinski definition) is 0. The second-order valence-electron chi connectivity index (χ2n) is 7.50. The van der Waals surface area contributed by atoms with Crippen LogP contribution in [0.4, 0.5) is 0 Å². The van der Waals surface area contributed by atoms with Crippen molar-refractivity contribution in [3.63, 3.8) is 0 Å². The smallest absolute Gasteiger partial charge is 0.228 e. The fourth-order valence-electron chi connectivity index (χ4n) is 1.40. The SMILES string of the molecule is CCCCCCC(C)(OOC(C)(C)C)OOC(C)(C)C. The van der Waals surface area contributed by atoms with Crippen molar-refractivity contribution in [2.75, 3.05) is 0 Å². The molecule has 0 N–H and O–H groups in total. The molecule has 4 nitrogen and oxygen atoms in total. The Bertz CT molecular complexity index is 232. The standard InChI is InChI=1S/C16H34O4/c1-9-10-11-12-13-16(8,19-17-14(2,3)4)20-18-15(5,6)7/h9-13H2,1-8H3. The molecule has 0 bridgehead atoms. The molecular weight excluding hydrogens is 256 g/mol. The van der Waals surface area contributed by atoms with Gasteiger partial charge in [-0.25, -0.2) is 9.78 Å². The highest BCUT2D eigenvalue weighted by Crippen LogP contribution is 2.26. The monoisotopic (exact) mass is 290 g/mol. The molecule has 0 aliphatic carbocycles. The van der Waals surface area contributed by atoms with Gasteiger partial charge in [-0.3, -0.25) is 0 Å². The molecule has 0 aromatic heterocycles. The highest BCUT2D eigenvalue weighted by atomic mass is 17.3. The van der Waals surface area contributed by atoms with Gasteiger partial charge in [-0.05, 0) is 54.9 Å². The second-order valence-corrected chi connectivity index (χ2v) is 7.50. The van der Waals surface area contributed by atoms with Crippen LogP contribution in [0.15, 0.2) is 0 Å². The van der Waals surface area contributed by atoms with Gasteiger partial charge in [0.05, 0.1) is 11.2 Å². The lowest BCUT2D eigenvalue weighted by Gasteiger charge is -2.32. The molecule has 0 amide bonds. The van der Waals surface area contributed by atoms with Crippen molar-refractivity contribution in [3.05, 3.63) is 0 Å². The Morgan fingerprint density at radius 1 is 0.600 bits per heavy atom. The normalized spacial score (nSPS) is 13.8. The summed E-state index contributed by atoms with van der Waals surface area (Å²) >= 11 is 0. The maximum Gasteiger partial charge on any atom is 0.231 e. The van der Waals surface area contributed by atoms with E-state index in [1.54, 1.807) is 0 Å². The molecule has 0 rings (SSSR count). The fourth-order valence-corrected chi connectivity index (χ4v) is 1.40. The van der Waals surface area contributed by atoms with Gasteiger partial charge >= 0.3 is 0 Å². The van der Waals surface area contributed by atoms with E-state index in [1.807, 2.05) is 48.5 Å². The van der Waals surface area contributed by atoms with Gasteiger partial charge in [0.1, 0.15) is 0 Å². The van der Waals surface area contributed by atoms with E-state index >= 15 is 0 Å². The predicted molar refractivity (Wildman–Crippen MR) is 81.0 cm³/mol. The molecule has 0 aliphatic rings. The maximum atomic E-state index is 5.52. The van der Waals surface area contributed by atoms with Crippen LogP contribution in [0.1, 0.15) is 87.5 Å². The largest absolute Gasteiger partial charge is 0.231 e. The molecule has 0 spiro atoms. The third-order valence-electron chi connectivity index (χ3n) is 2.42. The van der Waals surface area contributed by atoms with Crippen molar-refractivity contribution in [2.24, 2.45) is 0 Å². The van der Waals surface area contributed by atoms with Gasteiger partial charge < -0.3 is 0 Å². The number of rotatable bonds is 9. The average molecular weight is 290 g/mol. The quantitative estimate of drug-likeness (QED) is 0.254. The predicted octanol–water partition coefficient (Wildman–Crippen LogP) is 5.17. The third kappa shape index (κ3) is 11.6. The molecule has 0 radical (unpaired) electrons. The Kier molecular flexibility index (Phi) is 8.26. The molecule has 0 unspecified atom stereocenters. The van der Waals surface area contributed by atoms with Crippen LogP contribution in [0.2, 0.25) is 0 Å². The summed E-state index contributed by atoms with van der Waals surface area (Å²) in [4.78, 5) is 21.9. The average Bonchev–Trinajstić information content (AvgIpc) is 2.29. The van der Waals surface area contributed by atoms with Crippen molar-refractivity contribution in [3.8, 4) is 0 Å². The van der Waals surface area contributed by atoms with Crippen LogP contribution in [0.25, 0.3) is 0 Å². The zero-order chi connectivity index (χ0) is 15.9. The second kappa shape index (κ2) is 8.32. The van der Waals surface area contributed by atoms with E-state index in [2.05, 4.69) is 6.92 Å². The molecule has 0 aromatic rings. The minimum atomic E-state index is -0.881. The molecule has 0 saturated heterocycles. The van der Waals surface area contributed by atoms with Gasteiger partial charge in [-0.1, -0.05) is 26.2 Å². The van der Waals surface area contributed by atoms with Crippen LogP contribution in [0, 0.1) is 0 Å². The molecule has 0 saturated carbocycles. The summed E-state index contributed by atoms with van der Waals surface area (Å²) in [7, 11) is 0. The molecule has 0 fully saturated rings. The topological polar surface area (TPSA) is 36.9 Å². The zero-order valence-electron chi connectivity index (χ0n) is 14.7. The molecular formula is C16H34O4. The van der Waals surface area contributed by atoms with Crippen molar-refractivity contribution in [1.82, 2.24) is 0 Å². The summed E-state index contributed by atoms with van der Waals surface area (Å²) < 4.78 is 0. The zero-order valence-corrected chi connectivity index (χ0v) is 14.7. The molecule has 0 aliphatic heterocycles. The van der Waals surface area contributed by atoms with Crippen molar-refractivity contribution < 1.29 is 19.6 Å². The summed E-state index contributed by atoms with van der Waals surface area (Å²) in [5, 5.41) is 0. The lowest BCUT2D eigenvalue weighted by Crippen LogP contribution is -2.38. The van der Waals surface area contributed by atoms with Gasteiger partial charge in [0.15, 0.2) is 0 Å². The Labute approximate surface area is 125 Å². The fraction of sp³-hybridized carbons (Fsp3) is 1.00. The van der Waals surface area contributed by atoms with Crippen LogP contribution in [0.5, 0.6) is 0 Å². The van der Waals surface area contributed by atoms with Crippen LogP contribution in [-0.2, 0) is 19.6 Å². The van der Waals surface area contributed by atoms with Gasteiger partial charge in [0, 0.05) is 6.42 Å². The first-order valence-electron chi connectivity index (χ1n) is 7.71. The van der Waals surface area contributed by atoms with Crippen molar-refractivity contribution in [2.45, 2.75) is 104 Å². The van der Waals surface area contributed by atoms with Crippen molar-refractivity contribution >= 4 is 0 Å². The molecule has 20 heavy (non-hydrogen) atoms. The van der Waals surface area contributed by atoms with Gasteiger partial charge in [-0.15, -0.1) is 0 Å². The van der Waals surface area contributed by atoms with E-state index in [-0.39, 0.29) is 11.2 Å². The van der Waals surface area contributed by atoms with E-state index < -0.39 is 5.79 Å². The van der Waals surface area contributed by atoms with E-state index in [0.717, 1.165) is 19.3 Å². The van der Waals surface area contributed by atoms with Crippen LogP contribution < -0.4 is 0 Å². The Morgan fingerprint density at radius 3 is 1.40 bits per heavy atom. The van der Waals surface area contributed by atoms with E-state index in [9.17, 15) is 0 Å². The van der Waals surface area contributed by atoms with E-state index in [1.165, 1.54) is 12.8 Å². The minimum absolute atomic E-state index is 0.379. The van der Waals surface area contributed by atoms with Gasteiger partial charge in [0.25, 0.3) is 0 Å². The molecule has 0 atom stereocenters. The van der Waals surface area contributed by atoms with E-state index in [4.69, 9.17) is 19.6 Å². The van der Waals surface area contributed by atoms with Crippen LogP contribution in [-0.4, -0.2) is 17.0 Å². The number of unbranched alkanes of at least 4 members (excludes halogenated alkanes) is 3.